The minimum Gasteiger partial charge on any atom is -0.453 e. The number of alkyl halides is 3. The summed E-state index contributed by atoms with van der Waals surface area (Å²) < 4.78 is 79.0. The average molecular weight is 596 g/mol. The maximum absolute atomic E-state index is 13.6. The van der Waals surface area contributed by atoms with E-state index in [2.05, 4.69) is 30.3 Å². The number of anilines is 2. The molecule has 1 saturated carbocycles. The van der Waals surface area contributed by atoms with Gasteiger partial charge >= 0.3 is 18.0 Å². The molecule has 5 rings (SSSR count). The fraction of sp³-hybridized carbons (Fsp3) is 0.423. The zero-order valence-corrected chi connectivity index (χ0v) is 22.9. The Morgan fingerprint density at radius 2 is 1.98 bits per heavy atom. The third kappa shape index (κ3) is 5.77. The predicted molar refractivity (Wildman–Crippen MR) is 146 cm³/mol. The van der Waals surface area contributed by atoms with Crippen LogP contribution in [0.25, 0.3) is 21.7 Å². The molecule has 4 aromatic rings. The number of nitrogens with one attached hydrogen (secondary N) is 2. The van der Waals surface area contributed by atoms with Crippen LogP contribution >= 0.6 is 11.3 Å². The van der Waals surface area contributed by atoms with Crippen molar-refractivity contribution in [2.45, 2.75) is 56.9 Å². The lowest BCUT2D eigenvalue weighted by atomic mass is 9.98. The van der Waals surface area contributed by atoms with Crippen LogP contribution in [0.2, 0.25) is 0 Å². The quantitative estimate of drug-likeness (QED) is 0.292. The Morgan fingerprint density at radius 3 is 2.63 bits per heavy atom. The molecular formula is C26H28F3N7O4S. The van der Waals surface area contributed by atoms with E-state index in [0.29, 0.717) is 34.1 Å². The summed E-state index contributed by atoms with van der Waals surface area (Å²) in [5.74, 6) is 0.124. The van der Waals surface area contributed by atoms with Gasteiger partial charge in [0.05, 0.1) is 37.5 Å². The topological polar surface area (TPSA) is 136 Å². The van der Waals surface area contributed by atoms with E-state index in [9.17, 15) is 27.9 Å². The second-order valence-corrected chi connectivity index (χ2v) is 11.0. The van der Waals surface area contributed by atoms with Gasteiger partial charge < -0.3 is 20.5 Å². The minimum atomic E-state index is -4.60. The van der Waals surface area contributed by atoms with Gasteiger partial charge in [0.25, 0.3) is 0 Å². The highest BCUT2D eigenvalue weighted by Gasteiger charge is 2.34. The zero-order chi connectivity index (χ0) is 33.1. The number of carbonyl (C=O) groups excluding carboxylic acids is 1. The van der Waals surface area contributed by atoms with Gasteiger partial charge in [0.2, 0.25) is 0 Å². The van der Waals surface area contributed by atoms with Crippen LogP contribution in [-0.2, 0) is 23.5 Å². The fourth-order valence-electron chi connectivity index (χ4n) is 4.56. The van der Waals surface area contributed by atoms with Crippen LogP contribution in [0.15, 0.2) is 35.4 Å². The number of carbonyl (C=O) groups is 1. The van der Waals surface area contributed by atoms with E-state index in [-0.39, 0.29) is 46.2 Å². The summed E-state index contributed by atoms with van der Waals surface area (Å²) in [4.78, 5) is 36.9. The number of imidazole rings is 1. The number of aromatic nitrogens is 5. The number of fused-ring (bicyclic) bond motifs is 1. The monoisotopic (exact) mass is 595 g/mol. The number of halogens is 3. The Morgan fingerprint density at radius 1 is 1.20 bits per heavy atom. The summed E-state index contributed by atoms with van der Waals surface area (Å²) in [7, 11) is 1.19. The number of rotatable bonds is 6. The summed E-state index contributed by atoms with van der Waals surface area (Å²) in [6.07, 6.45) is -3.04. The van der Waals surface area contributed by atoms with E-state index in [0.717, 1.165) is 10.8 Å². The number of aryl methyl sites for hydroxylation is 1. The van der Waals surface area contributed by atoms with Gasteiger partial charge in [0.15, 0.2) is 0 Å². The third-order valence-corrected chi connectivity index (χ3v) is 7.67. The van der Waals surface area contributed by atoms with Gasteiger partial charge in [-0.1, -0.05) is 0 Å². The molecule has 11 nitrogen and oxygen atoms in total. The smallest absolute Gasteiger partial charge is 0.427 e. The van der Waals surface area contributed by atoms with Gasteiger partial charge in [-0.2, -0.15) is 13.2 Å². The molecule has 2 atom stereocenters. The molecule has 1 aliphatic carbocycles. The Hall–Kier alpha value is -3.98. The summed E-state index contributed by atoms with van der Waals surface area (Å²) in [6, 6.07) is 2.09. The number of amides is 1. The van der Waals surface area contributed by atoms with Crippen LogP contribution in [0.1, 0.15) is 55.1 Å². The molecule has 15 heteroatoms. The van der Waals surface area contributed by atoms with Crippen LogP contribution < -0.4 is 16.3 Å². The van der Waals surface area contributed by atoms with E-state index in [1.54, 1.807) is 0 Å². The third-order valence-electron chi connectivity index (χ3n) is 6.61. The van der Waals surface area contributed by atoms with Gasteiger partial charge in [-0.05, 0) is 50.8 Å². The molecule has 41 heavy (non-hydrogen) atoms. The van der Waals surface area contributed by atoms with Crippen molar-refractivity contribution in [1.82, 2.24) is 29.4 Å². The van der Waals surface area contributed by atoms with Crippen LogP contribution in [0, 0.1) is 0 Å². The van der Waals surface area contributed by atoms with Crippen molar-refractivity contribution in [1.29, 1.82) is 0 Å². The highest BCUT2D eigenvalue weighted by atomic mass is 32.1. The number of hydrogen-bond acceptors (Lipinski definition) is 9. The second-order valence-electron chi connectivity index (χ2n) is 9.99. The summed E-state index contributed by atoms with van der Waals surface area (Å²) in [5, 5.41) is 16.2. The van der Waals surface area contributed by atoms with E-state index >= 15 is 0 Å². The van der Waals surface area contributed by atoms with Crippen molar-refractivity contribution in [3.8, 4) is 10.7 Å². The van der Waals surface area contributed by atoms with Gasteiger partial charge in [0.1, 0.15) is 27.2 Å². The SMILES string of the molecule is [2H]C([2H])([2H])n1c(=O)n([C@]2([2H])CC[C@@H](NC(=O)OC)C2)c2cc(Nc3cc(C(C)(C)O)cc(-c4ncc(C(F)(F)F)s4)n3)ncc21. The lowest BCUT2D eigenvalue weighted by molar-refractivity contribution is -0.134. The van der Waals surface area contributed by atoms with Crippen LogP contribution in [-0.4, -0.2) is 48.4 Å². The number of alkyl carbamates (subject to hydrolysis) is 1. The second kappa shape index (κ2) is 10.4. The fourth-order valence-corrected chi connectivity index (χ4v) is 5.31. The minimum absolute atomic E-state index is 0.0144. The van der Waals surface area contributed by atoms with Crippen molar-refractivity contribution in [2.75, 3.05) is 12.4 Å². The van der Waals surface area contributed by atoms with Crippen LogP contribution in [0.4, 0.5) is 29.6 Å². The normalized spacial score (nSPS) is 21.2. The first-order valence-electron chi connectivity index (χ1n) is 14.3. The summed E-state index contributed by atoms with van der Waals surface area (Å²) in [5.41, 5.74) is -2.05. The van der Waals surface area contributed by atoms with Crippen molar-refractivity contribution < 1.29 is 33.3 Å². The number of hydrogen-bond donors (Lipinski definition) is 3. The van der Waals surface area contributed by atoms with Gasteiger partial charge in [-0.3, -0.25) is 9.13 Å². The highest BCUT2D eigenvalue weighted by molar-refractivity contribution is 7.15. The van der Waals surface area contributed by atoms with Crippen molar-refractivity contribution >= 4 is 40.1 Å². The maximum Gasteiger partial charge on any atom is 0.427 e. The van der Waals surface area contributed by atoms with Crippen LogP contribution in [0.3, 0.4) is 0 Å². The molecule has 1 fully saturated rings. The first kappa shape index (κ1) is 23.7. The standard InChI is InChI=1S/C26H28F3N7O4S/c1-25(2,39)13-7-16(22-31-12-19(41-22)26(27,28)29)33-21(8-13)34-20-10-17-18(11-30-20)35(3)24(38)36(17)15-6-5-14(9-15)32-23(37)40-4/h7-8,10-12,14-15,39H,5-6,9H2,1-4H3,(H,32,37)(H,30,33,34)/t14-,15-/m1/s1/i3D3,15D. The molecule has 1 amide bonds. The Labute approximate surface area is 241 Å². The molecule has 0 saturated heterocycles. The number of methoxy groups -OCH3 is 1. The Bertz CT molecular complexity index is 1830. The first-order valence-corrected chi connectivity index (χ1v) is 13.2. The number of thiazole rings is 1. The van der Waals surface area contributed by atoms with Crippen molar-refractivity contribution in [3.05, 3.63) is 51.5 Å². The largest absolute Gasteiger partial charge is 0.453 e. The molecular weight excluding hydrogens is 563 g/mol. The van der Waals surface area contributed by atoms with E-state index in [1.807, 2.05) is 0 Å². The van der Waals surface area contributed by atoms with E-state index in [1.165, 1.54) is 39.2 Å². The average Bonchev–Trinajstić information content (AvgIpc) is 3.63. The first-order chi connectivity index (χ1) is 20.8. The molecule has 0 spiro atoms. The number of pyridine rings is 2. The molecule has 1 aliphatic rings. The molecule has 0 unspecified atom stereocenters. The Kier molecular flexibility index (Phi) is 6.04. The molecule has 0 radical (unpaired) electrons. The molecule has 0 bridgehead atoms. The zero-order valence-electron chi connectivity index (χ0n) is 26.0. The molecule has 4 aromatic heterocycles. The van der Waals surface area contributed by atoms with Crippen LogP contribution in [0.5, 0.6) is 0 Å². The lowest BCUT2D eigenvalue weighted by Gasteiger charge is -2.19. The molecule has 3 N–H and O–H groups in total. The summed E-state index contributed by atoms with van der Waals surface area (Å²) >= 11 is 0.384. The predicted octanol–water partition coefficient (Wildman–Crippen LogP) is 4.69. The number of ether oxygens (including phenoxy) is 1. The molecule has 218 valence electrons. The summed E-state index contributed by atoms with van der Waals surface area (Å²) in [6.45, 7) is 0.0599. The van der Waals surface area contributed by atoms with Crippen molar-refractivity contribution in [3.63, 3.8) is 0 Å². The van der Waals surface area contributed by atoms with Gasteiger partial charge in [-0.15, -0.1) is 11.3 Å². The number of nitrogens with zero attached hydrogens (tertiary/aromatic N) is 5. The lowest BCUT2D eigenvalue weighted by Crippen LogP contribution is -2.33. The molecule has 4 heterocycles. The molecule has 0 aliphatic heterocycles. The van der Waals surface area contributed by atoms with E-state index < -0.39 is 47.5 Å². The molecule has 0 aromatic carbocycles. The number of aliphatic hydroxyl groups is 1. The van der Waals surface area contributed by atoms with Gasteiger partial charge in [0, 0.05) is 29.2 Å². The van der Waals surface area contributed by atoms with Crippen molar-refractivity contribution in [2.24, 2.45) is 6.98 Å². The highest BCUT2D eigenvalue weighted by Crippen LogP contribution is 2.38. The van der Waals surface area contributed by atoms with Gasteiger partial charge in [-0.25, -0.2) is 24.5 Å². The Balaban J connectivity index is 1.59. The maximum atomic E-state index is 13.6. The van der Waals surface area contributed by atoms with E-state index in [4.69, 9.17) is 5.48 Å².